The molecule has 0 spiro atoms. The highest BCUT2D eigenvalue weighted by molar-refractivity contribution is 7.89. The molecule has 0 radical (unpaired) electrons. The molecule has 3 aromatic rings. The number of sulfonamides is 1. The number of carbonyl (C=O) groups is 1. The summed E-state index contributed by atoms with van der Waals surface area (Å²) in [6.45, 7) is 0.869. The lowest BCUT2D eigenvalue weighted by Gasteiger charge is -2.34. The SMILES string of the molecule is O=C(CCc1cnn(-c2ccccc2)c1)N1CCN(S(=O)(=O)c2ccccc2F)CC1. The summed E-state index contributed by atoms with van der Waals surface area (Å²) in [7, 11) is -3.91. The summed E-state index contributed by atoms with van der Waals surface area (Å²) in [5.41, 5.74) is 1.91. The summed E-state index contributed by atoms with van der Waals surface area (Å²) in [6, 6.07) is 15.1. The van der Waals surface area contributed by atoms with Gasteiger partial charge >= 0.3 is 0 Å². The minimum atomic E-state index is -3.91. The molecule has 1 aliphatic heterocycles. The Balaban J connectivity index is 1.31. The molecule has 9 heteroatoms. The lowest BCUT2D eigenvalue weighted by molar-refractivity contribution is -0.132. The van der Waals surface area contributed by atoms with E-state index in [4.69, 9.17) is 0 Å². The van der Waals surface area contributed by atoms with Gasteiger partial charge in [-0.25, -0.2) is 17.5 Å². The van der Waals surface area contributed by atoms with Crippen molar-refractivity contribution in [2.24, 2.45) is 0 Å². The molecule has 0 atom stereocenters. The van der Waals surface area contributed by atoms with E-state index in [1.807, 2.05) is 36.5 Å². The van der Waals surface area contributed by atoms with Gasteiger partial charge in [-0.05, 0) is 36.2 Å². The predicted molar refractivity (Wildman–Crippen MR) is 114 cm³/mol. The predicted octanol–water partition coefficient (Wildman–Crippen LogP) is 2.48. The maximum Gasteiger partial charge on any atom is 0.246 e. The molecule has 0 unspecified atom stereocenters. The van der Waals surface area contributed by atoms with Crippen LogP contribution in [0.4, 0.5) is 4.39 Å². The normalized spacial score (nSPS) is 15.2. The first-order valence-electron chi connectivity index (χ1n) is 10.1. The van der Waals surface area contributed by atoms with Gasteiger partial charge in [-0.2, -0.15) is 9.40 Å². The van der Waals surface area contributed by atoms with Crippen LogP contribution in [0.1, 0.15) is 12.0 Å². The molecule has 0 bridgehead atoms. The molecule has 2 aromatic carbocycles. The maximum absolute atomic E-state index is 13.9. The number of aromatic nitrogens is 2. The fourth-order valence-electron chi connectivity index (χ4n) is 3.59. The number of rotatable bonds is 6. The van der Waals surface area contributed by atoms with Gasteiger partial charge in [0.2, 0.25) is 15.9 Å². The number of benzene rings is 2. The van der Waals surface area contributed by atoms with Crippen LogP contribution < -0.4 is 0 Å². The van der Waals surface area contributed by atoms with Gasteiger partial charge in [0, 0.05) is 38.8 Å². The van der Waals surface area contributed by atoms with Crippen LogP contribution in [0.2, 0.25) is 0 Å². The minimum absolute atomic E-state index is 0.0320. The van der Waals surface area contributed by atoms with Crippen LogP contribution in [0.15, 0.2) is 71.9 Å². The quantitative estimate of drug-likeness (QED) is 0.588. The number of amides is 1. The lowest BCUT2D eigenvalue weighted by atomic mass is 10.2. The fraction of sp³-hybridized carbons (Fsp3) is 0.273. The Morgan fingerprint density at radius 2 is 1.65 bits per heavy atom. The molecular formula is C22H23FN4O3S. The zero-order valence-electron chi connectivity index (χ0n) is 16.9. The first kappa shape index (κ1) is 21.2. The van der Waals surface area contributed by atoms with E-state index in [0.717, 1.165) is 17.3 Å². The zero-order valence-corrected chi connectivity index (χ0v) is 17.7. The highest BCUT2D eigenvalue weighted by Crippen LogP contribution is 2.20. The number of hydrogen-bond acceptors (Lipinski definition) is 4. The van der Waals surface area contributed by atoms with Gasteiger partial charge in [0.25, 0.3) is 0 Å². The second-order valence-electron chi connectivity index (χ2n) is 7.34. The summed E-state index contributed by atoms with van der Waals surface area (Å²) >= 11 is 0. The van der Waals surface area contributed by atoms with Gasteiger partial charge in [-0.3, -0.25) is 4.79 Å². The van der Waals surface area contributed by atoms with Crippen LogP contribution >= 0.6 is 0 Å². The van der Waals surface area contributed by atoms with E-state index in [2.05, 4.69) is 5.10 Å². The average molecular weight is 443 g/mol. The first-order valence-corrected chi connectivity index (χ1v) is 11.5. The third-order valence-corrected chi connectivity index (χ3v) is 7.26. The Bertz CT molecular complexity index is 1160. The van der Waals surface area contributed by atoms with E-state index in [0.29, 0.717) is 12.8 Å². The van der Waals surface area contributed by atoms with Crippen LogP contribution in [0.25, 0.3) is 5.69 Å². The summed E-state index contributed by atoms with van der Waals surface area (Å²) in [5.74, 6) is -0.799. The van der Waals surface area contributed by atoms with Gasteiger partial charge < -0.3 is 4.90 Å². The van der Waals surface area contributed by atoms with Crippen LogP contribution in [0, 0.1) is 5.82 Å². The highest BCUT2D eigenvalue weighted by atomic mass is 32.2. The standard InChI is InChI=1S/C22H23FN4O3S/c23-20-8-4-5-9-21(20)31(29,30)26-14-12-25(13-15-26)22(28)11-10-18-16-24-27(17-18)19-6-2-1-3-7-19/h1-9,16-17H,10-15H2. The molecule has 0 saturated carbocycles. The second kappa shape index (κ2) is 8.99. The molecular weight excluding hydrogens is 419 g/mol. The third-order valence-electron chi connectivity index (χ3n) is 5.33. The molecule has 0 N–H and O–H groups in total. The minimum Gasteiger partial charge on any atom is -0.340 e. The Morgan fingerprint density at radius 1 is 0.968 bits per heavy atom. The van der Waals surface area contributed by atoms with Gasteiger partial charge in [-0.1, -0.05) is 30.3 Å². The summed E-state index contributed by atoms with van der Waals surface area (Å²) in [5, 5.41) is 4.34. The zero-order chi connectivity index (χ0) is 21.8. The van der Waals surface area contributed by atoms with Crippen molar-refractivity contribution in [2.75, 3.05) is 26.2 Å². The molecule has 1 fully saturated rings. The van der Waals surface area contributed by atoms with Crippen molar-refractivity contribution in [1.82, 2.24) is 19.0 Å². The molecule has 2 heterocycles. The van der Waals surface area contributed by atoms with Crippen molar-refractivity contribution in [3.63, 3.8) is 0 Å². The van der Waals surface area contributed by atoms with E-state index in [-0.39, 0.29) is 37.0 Å². The van der Waals surface area contributed by atoms with Crippen LogP contribution in [-0.2, 0) is 21.2 Å². The number of aryl methyl sites for hydroxylation is 1. The molecule has 162 valence electrons. The molecule has 1 aliphatic rings. The number of piperazine rings is 1. The molecule has 1 amide bonds. The molecule has 1 saturated heterocycles. The second-order valence-corrected chi connectivity index (χ2v) is 9.25. The maximum atomic E-state index is 13.9. The summed E-state index contributed by atoms with van der Waals surface area (Å²) in [4.78, 5) is 13.9. The molecule has 4 rings (SSSR count). The van der Waals surface area contributed by atoms with Gasteiger partial charge in [0.05, 0.1) is 11.9 Å². The van der Waals surface area contributed by atoms with Gasteiger partial charge in [0.1, 0.15) is 10.7 Å². The summed E-state index contributed by atoms with van der Waals surface area (Å²) < 4.78 is 42.3. The molecule has 7 nitrogen and oxygen atoms in total. The lowest BCUT2D eigenvalue weighted by Crippen LogP contribution is -2.50. The number of para-hydroxylation sites is 1. The Kier molecular flexibility index (Phi) is 6.15. The van der Waals surface area contributed by atoms with Crippen LogP contribution in [0.5, 0.6) is 0 Å². The van der Waals surface area contributed by atoms with E-state index in [1.54, 1.807) is 15.8 Å². The molecule has 1 aromatic heterocycles. The number of carbonyl (C=O) groups excluding carboxylic acids is 1. The smallest absolute Gasteiger partial charge is 0.246 e. The highest BCUT2D eigenvalue weighted by Gasteiger charge is 2.31. The Morgan fingerprint density at radius 3 is 2.35 bits per heavy atom. The topological polar surface area (TPSA) is 75.5 Å². The third kappa shape index (κ3) is 4.67. The average Bonchev–Trinajstić information content (AvgIpc) is 3.27. The van der Waals surface area contributed by atoms with Crippen molar-refractivity contribution < 1.29 is 17.6 Å². The van der Waals surface area contributed by atoms with Crippen LogP contribution in [-0.4, -0.2) is 59.5 Å². The Labute approximate surface area is 180 Å². The van der Waals surface area contributed by atoms with Gasteiger partial charge in [-0.15, -0.1) is 0 Å². The van der Waals surface area contributed by atoms with Crippen LogP contribution in [0.3, 0.4) is 0 Å². The van der Waals surface area contributed by atoms with E-state index in [9.17, 15) is 17.6 Å². The van der Waals surface area contributed by atoms with E-state index >= 15 is 0 Å². The van der Waals surface area contributed by atoms with Crippen molar-refractivity contribution in [3.8, 4) is 5.69 Å². The van der Waals surface area contributed by atoms with Crippen molar-refractivity contribution >= 4 is 15.9 Å². The number of hydrogen-bond donors (Lipinski definition) is 0. The Hall–Kier alpha value is -3.04. The number of halogens is 1. The fourth-order valence-corrected chi connectivity index (χ4v) is 5.08. The largest absolute Gasteiger partial charge is 0.340 e. The monoisotopic (exact) mass is 442 g/mol. The van der Waals surface area contributed by atoms with E-state index in [1.165, 1.54) is 22.5 Å². The molecule has 0 aliphatic carbocycles. The summed E-state index contributed by atoms with van der Waals surface area (Å²) in [6.07, 6.45) is 4.53. The first-order chi connectivity index (χ1) is 14.9. The van der Waals surface area contributed by atoms with Crippen molar-refractivity contribution in [3.05, 3.63) is 78.4 Å². The van der Waals surface area contributed by atoms with Crippen molar-refractivity contribution in [2.45, 2.75) is 17.7 Å². The molecule has 31 heavy (non-hydrogen) atoms. The van der Waals surface area contributed by atoms with E-state index < -0.39 is 15.8 Å². The number of nitrogens with zero attached hydrogens (tertiary/aromatic N) is 4. The van der Waals surface area contributed by atoms with Gasteiger partial charge in [0.15, 0.2) is 0 Å². The van der Waals surface area contributed by atoms with Crippen molar-refractivity contribution in [1.29, 1.82) is 0 Å².